The number of piperidine rings is 2. The Morgan fingerprint density at radius 3 is 3.06 bits per heavy atom. The first-order valence-electron chi connectivity index (χ1n) is 6.42. The third-order valence-electron chi connectivity index (χ3n) is 3.93. The molecule has 2 saturated heterocycles. The van der Waals surface area contributed by atoms with E-state index in [1.165, 1.54) is 38.9 Å². The summed E-state index contributed by atoms with van der Waals surface area (Å²) in [6.45, 7) is 3.82. The topological polar surface area (TPSA) is 28.2 Å². The van der Waals surface area contributed by atoms with Crippen molar-refractivity contribution in [2.75, 3.05) is 25.0 Å². The Bertz CT molecular complexity index is 379. The zero-order chi connectivity index (χ0) is 11.7. The van der Waals surface area contributed by atoms with E-state index in [9.17, 15) is 0 Å². The average molecular weight is 296 g/mol. The number of nitrogens with zero attached hydrogens (tertiary/aromatic N) is 2. The first-order valence-corrected chi connectivity index (χ1v) is 7.21. The van der Waals surface area contributed by atoms with E-state index in [0.717, 1.165) is 16.2 Å². The molecule has 0 amide bonds. The molecule has 0 radical (unpaired) electrons. The van der Waals surface area contributed by atoms with Gasteiger partial charge in [-0.1, -0.05) is 0 Å². The summed E-state index contributed by atoms with van der Waals surface area (Å²) in [7, 11) is 0. The summed E-state index contributed by atoms with van der Waals surface area (Å²) in [5.74, 6) is 1.82. The van der Waals surface area contributed by atoms with Crippen molar-refractivity contribution in [2.24, 2.45) is 5.92 Å². The van der Waals surface area contributed by atoms with Gasteiger partial charge < -0.3 is 10.2 Å². The summed E-state index contributed by atoms with van der Waals surface area (Å²) in [5, 5.41) is 3.60. The fourth-order valence-electron chi connectivity index (χ4n) is 3.02. The number of fused-ring (bicyclic) bond motifs is 2. The van der Waals surface area contributed by atoms with Gasteiger partial charge in [0.2, 0.25) is 0 Å². The predicted molar refractivity (Wildman–Crippen MR) is 73.1 cm³/mol. The second-order valence-electron chi connectivity index (χ2n) is 5.10. The van der Waals surface area contributed by atoms with Gasteiger partial charge in [-0.3, -0.25) is 0 Å². The monoisotopic (exact) mass is 295 g/mol. The van der Waals surface area contributed by atoms with Gasteiger partial charge in [-0.2, -0.15) is 0 Å². The minimum atomic E-state index is 0.611. The molecule has 1 aromatic heterocycles. The Hall–Kier alpha value is -0.610. The number of rotatable bonds is 2. The van der Waals surface area contributed by atoms with Crippen LogP contribution in [-0.2, 0) is 0 Å². The lowest BCUT2D eigenvalue weighted by Crippen LogP contribution is -2.49. The van der Waals surface area contributed by atoms with Crippen LogP contribution in [0.3, 0.4) is 0 Å². The summed E-state index contributed by atoms with van der Waals surface area (Å²) in [4.78, 5) is 7.01. The summed E-state index contributed by atoms with van der Waals surface area (Å²) in [6, 6.07) is 4.71. The quantitative estimate of drug-likeness (QED) is 0.909. The molecule has 0 aliphatic carbocycles. The Labute approximate surface area is 111 Å². The molecule has 17 heavy (non-hydrogen) atoms. The SMILES string of the molecule is Brc1ccc(N[C@H]2CCN3CCC[C@@H]2C3)nc1. The van der Waals surface area contributed by atoms with Crippen molar-refractivity contribution in [3.63, 3.8) is 0 Å². The highest BCUT2D eigenvalue weighted by Gasteiger charge is 2.31. The molecule has 3 atom stereocenters. The standard InChI is InChI=1S/C13H18BrN3/c14-11-3-4-13(15-8-11)16-12-5-7-17-6-1-2-10(12)9-17/h3-4,8,10,12H,1-2,5-7,9H2,(H,15,16)/t10-,12+/m1/s1. The fraction of sp³-hybridized carbons (Fsp3) is 0.615. The molecule has 3 rings (SSSR count). The molecule has 3 nitrogen and oxygen atoms in total. The number of halogens is 1. The smallest absolute Gasteiger partial charge is 0.126 e. The van der Waals surface area contributed by atoms with Gasteiger partial charge in [0.05, 0.1) is 0 Å². The predicted octanol–water partition coefficient (Wildman–Crippen LogP) is 2.74. The minimum absolute atomic E-state index is 0.611. The van der Waals surface area contributed by atoms with Crippen LogP contribution in [0.2, 0.25) is 0 Å². The Morgan fingerprint density at radius 2 is 2.24 bits per heavy atom. The van der Waals surface area contributed by atoms with Crippen LogP contribution in [-0.4, -0.2) is 35.6 Å². The Morgan fingerprint density at radius 1 is 1.29 bits per heavy atom. The van der Waals surface area contributed by atoms with Gasteiger partial charge in [0.25, 0.3) is 0 Å². The fourth-order valence-corrected chi connectivity index (χ4v) is 3.26. The summed E-state index contributed by atoms with van der Waals surface area (Å²) >= 11 is 3.42. The van der Waals surface area contributed by atoms with Crippen LogP contribution >= 0.6 is 15.9 Å². The number of hydrogen-bond donors (Lipinski definition) is 1. The highest BCUT2D eigenvalue weighted by atomic mass is 79.9. The van der Waals surface area contributed by atoms with Crippen molar-refractivity contribution >= 4 is 21.7 Å². The molecule has 2 bridgehead atoms. The molecule has 0 aromatic carbocycles. The zero-order valence-corrected chi connectivity index (χ0v) is 11.5. The lowest BCUT2D eigenvalue weighted by molar-refractivity contribution is 0.113. The molecule has 92 valence electrons. The molecular formula is C13H18BrN3. The third-order valence-corrected chi connectivity index (χ3v) is 4.40. The van der Waals surface area contributed by atoms with E-state index in [1.54, 1.807) is 0 Å². The van der Waals surface area contributed by atoms with Crippen LogP contribution in [0.1, 0.15) is 19.3 Å². The molecule has 2 aliphatic heterocycles. The lowest BCUT2D eigenvalue weighted by Gasteiger charge is -2.43. The van der Waals surface area contributed by atoms with Crippen LogP contribution in [0.5, 0.6) is 0 Å². The zero-order valence-electron chi connectivity index (χ0n) is 9.90. The van der Waals surface area contributed by atoms with Gasteiger partial charge in [0, 0.05) is 29.8 Å². The molecule has 1 N–H and O–H groups in total. The van der Waals surface area contributed by atoms with Crippen molar-refractivity contribution in [2.45, 2.75) is 25.3 Å². The summed E-state index contributed by atoms with van der Waals surface area (Å²) in [6.07, 6.45) is 5.84. The van der Waals surface area contributed by atoms with Crippen LogP contribution in [0.15, 0.2) is 22.8 Å². The van der Waals surface area contributed by atoms with Crippen LogP contribution in [0.25, 0.3) is 0 Å². The van der Waals surface area contributed by atoms with E-state index in [4.69, 9.17) is 0 Å². The normalized spacial score (nSPS) is 32.2. The second-order valence-corrected chi connectivity index (χ2v) is 6.02. The van der Waals surface area contributed by atoms with Gasteiger partial charge in [-0.05, 0) is 59.8 Å². The number of hydrogen-bond acceptors (Lipinski definition) is 3. The van der Waals surface area contributed by atoms with Crippen molar-refractivity contribution < 1.29 is 0 Å². The minimum Gasteiger partial charge on any atom is -0.367 e. The first-order chi connectivity index (χ1) is 8.31. The summed E-state index contributed by atoms with van der Waals surface area (Å²) in [5.41, 5.74) is 0. The molecule has 3 heterocycles. The van der Waals surface area contributed by atoms with Crippen molar-refractivity contribution in [1.29, 1.82) is 0 Å². The van der Waals surface area contributed by atoms with Gasteiger partial charge in [-0.25, -0.2) is 4.98 Å². The van der Waals surface area contributed by atoms with E-state index in [-0.39, 0.29) is 0 Å². The Balaban J connectivity index is 1.66. The average Bonchev–Trinajstić information content (AvgIpc) is 2.36. The number of aromatic nitrogens is 1. The number of nitrogens with one attached hydrogen (secondary N) is 1. The molecule has 2 fully saturated rings. The van der Waals surface area contributed by atoms with E-state index >= 15 is 0 Å². The van der Waals surface area contributed by atoms with E-state index < -0.39 is 0 Å². The molecule has 1 unspecified atom stereocenters. The first kappa shape index (κ1) is 11.5. The molecule has 0 spiro atoms. The number of anilines is 1. The van der Waals surface area contributed by atoms with Gasteiger partial charge in [-0.15, -0.1) is 0 Å². The summed E-state index contributed by atoms with van der Waals surface area (Å²) < 4.78 is 1.04. The van der Waals surface area contributed by atoms with Crippen LogP contribution in [0.4, 0.5) is 5.82 Å². The van der Waals surface area contributed by atoms with Gasteiger partial charge in [0.15, 0.2) is 0 Å². The second kappa shape index (κ2) is 4.94. The Kier molecular flexibility index (Phi) is 3.34. The van der Waals surface area contributed by atoms with E-state index in [2.05, 4.69) is 37.2 Å². The third kappa shape index (κ3) is 2.63. The van der Waals surface area contributed by atoms with Gasteiger partial charge in [0.1, 0.15) is 5.82 Å². The van der Waals surface area contributed by atoms with Crippen molar-refractivity contribution in [1.82, 2.24) is 9.88 Å². The van der Waals surface area contributed by atoms with Crippen molar-refractivity contribution in [3.8, 4) is 0 Å². The lowest BCUT2D eigenvalue weighted by atomic mass is 9.85. The maximum atomic E-state index is 4.41. The van der Waals surface area contributed by atoms with E-state index in [1.807, 2.05) is 12.3 Å². The highest BCUT2D eigenvalue weighted by Crippen LogP contribution is 2.28. The van der Waals surface area contributed by atoms with Crippen LogP contribution in [0, 0.1) is 5.92 Å². The molecule has 4 heteroatoms. The maximum absolute atomic E-state index is 4.41. The van der Waals surface area contributed by atoms with Crippen LogP contribution < -0.4 is 5.32 Å². The molecule has 0 saturated carbocycles. The van der Waals surface area contributed by atoms with Crippen molar-refractivity contribution in [3.05, 3.63) is 22.8 Å². The maximum Gasteiger partial charge on any atom is 0.126 e. The molecule has 1 aromatic rings. The number of pyridine rings is 1. The highest BCUT2D eigenvalue weighted by molar-refractivity contribution is 9.10. The largest absolute Gasteiger partial charge is 0.367 e. The molecular weight excluding hydrogens is 278 g/mol. The molecule has 2 aliphatic rings. The van der Waals surface area contributed by atoms with E-state index in [0.29, 0.717) is 6.04 Å². The van der Waals surface area contributed by atoms with Gasteiger partial charge >= 0.3 is 0 Å².